The summed E-state index contributed by atoms with van der Waals surface area (Å²) in [5, 5.41) is 6.00. The number of carbonyl (C=O) groups excluding carboxylic acids is 1. The maximum Gasteiger partial charge on any atom is 0.229 e. The quantitative estimate of drug-likeness (QED) is 0.728. The van der Waals surface area contributed by atoms with Gasteiger partial charge in [-0.25, -0.2) is 4.98 Å². The minimum Gasteiger partial charge on any atom is -0.326 e. The molecule has 6 nitrogen and oxygen atoms in total. The molecule has 0 aliphatic carbocycles. The summed E-state index contributed by atoms with van der Waals surface area (Å²) in [6, 6.07) is 18.2. The van der Waals surface area contributed by atoms with Crippen LogP contribution in [0.2, 0.25) is 0 Å². The molecule has 6 heteroatoms. The molecule has 4 rings (SSSR count). The number of nitrogens with zero attached hydrogens (tertiary/aromatic N) is 3. The number of rotatable bonds is 4. The van der Waals surface area contributed by atoms with E-state index in [0.717, 1.165) is 23.6 Å². The minimum atomic E-state index is -0.105. The second-order valence-corrected chi connectivity index (χ2v) is 6.68. The van der Waals surface area contributed by atoms with Gasteiger partial charge in [0, 0.05) is 36.2 Å². The van der Waals surface area contributed by atoms with Gasteiger partial charge in [-0.3, -0.25) is 4.79 Å². The molecule has 1 amide bonds. The lowest BCUT2D eigenvalue weighted by Crippen LogP contribution is -2.25. The van der Waals surface area contributed by atoms with Crippen molar-refractivity contribution in [3.05, 3.63) is 66.4 Å². The van der Waals surface area contributed by atoms with Gasteiger partial charge in [-0.1, -0.05) is 24.3 Å². The van der Waals surface area contributed by atoms with Gasteiger partial charge < -0.3 is 15.5 Å². The van der Waals surface area contributed by atoms with E-state index in [0.29, 0.717) is 12.0 Å². The molecule has 2 heterocycles. The number of benzene rings is 2. The predicted molar refractivity (Wildman–Crippen MR) is 108 cm³/mol. The lowest BCUT2D eigenvalue weighted by molar-refractivity contribution is -0.114. The van der Waals surface area contributed by atoms with Crippen molar-refractivity contribution in [3.8, 4) is 0 Å². The standard InChI is InChI=1S/C21H21N5O/c1-14-12-16-6-3-4-9-19(16)26(14)20-10-11-22-21(25-20)24-18-8-5-7-17(13-18)23-15(2)27/h3-11,13-14H,12H2,1-2H3,(H,23,27)(H,22,24,25). The first-order valence-electron chi connectivity index (χ1n) is 8.95. The molecule has 1 atom stereocenters. The van der Waals surface area contributed by atoms with Crippen molar-refractivity contribution in [1.29, 1.82) is 0 Å². The van der Waals surface area contributed by atoms with Crippen molar-refractivity contribution >= 4 is 34.7 Å². The number of carbonyl (C=O) groups is 1. The zero-order valence-electron chi connectivity index (χ0n) is 15.3. The maximum atomic E-state index is 11.2. The summed E-state index contributed by atoms with van der Waals surface area (Å²) < 4.78 is 0. The molecule has 0 fully saturated rings. The van der Waals surface area contributed by atoms with Gasteiger partial charge in [-0.05, 0) is 49.2 Å². The number of para-hydroxylation sites is 1. The van der Waals surface area contributed by atoms with Crippen LogP contribution in [0.25, 0.3) is 0 Å². The molecule has 27 heavy (non-hydrogen) atoms. The highest BCUT2D eigenvalue weighted by Crippen LogP contribution is 2.37. The normalized spacial score (nSPS) is 15.3. The van der Waals surface area contributed by atoms with Gasteiger partial charge in [0.05, 0.1) is 0 Å². The first-order chi connectivity index (χ1) is 13.1. The van der Waals surface area contributed by atoms with Crippen LogP contribution in [0, 0.1) is 0 Å². The molecule has 1 aromatic heterocycles. The van der Waals surface area contributed by atoms with E-state index in [9.17, 15) is 4.79 Å². The zero-order chi connectivity index (χ0) is 18.8. The summed E-state index contributed by atoms with van der Waals surface area (Å²) in [6.45, 7) is 3.69. The topological polar surface area (TPSA) is 70.2 Å². The molecule has 2 N–H and O–H groups in total. The third-order valence-electron chi connectivity index (χ3n) is 4.53. The van der Waals surface area contributed by atoms with Crippen molar-refractivity contribution in [2.45, 2.75) is 26.3 Å². The van der Waals surface area contributed by atoms with Crippen molar-refractivity contribution in [3.63, 3.8) is 0 Å². The Bertz CT molecular complexity index is 988. The van der Waals surface area contributed by atoms with E-state index in [-0.39, 0.29) is 5.91 Å². The SMILES string of the molecule is CC(=O)Nc1cccc(Nc2nccc(N3c4ccccc4CC3C)n2)c1. The number of hydrogen-bond acceptors (Lipinski definition) is 5. The van der Waals surface area contributed by atoms with E-state index in [4.69, 9.17) is 4.98 Å². The highest BCUT2D eigenvalue weighted by Gasteiger charge is 2.27. The Balaban J connectivity index is 1.60. The van der Waals surface area contributed by atoms with Gasteiger partial charge in [0.2, 0.25) is 11.9 Å². The van der Waals surface area contributed by atoms with Crippen LogP contribution < -0.4 is 15.5 Å². The fourth-order valence-corrected chi connectivity index (χ4v) is 3.47. The third-order valence-corrected chi connectivity index (χ3v) is 4.53. The molecule has 1 aliphatic rings. The first-order valence-corrected chi connectivity index (χ1v) is 8.95. The third kappa shape index (κ3) is 3.60. The highest BCUT2D eigenvalue weighted by molar-refractivity contribution is 5.89. The van der Waals surface area contributed by atoms with Gasteiger partial charge in [-0.2, -0.15) is 4.98 Å². The average molecular weight is 359 g/mol. The molecule has 0 radical (unpaired) electrons. The van der Waals surface area contributed by atoms with E-state index >= 15 is 0 Å². The molecule has 136 valence electrons. The molecule has 1 aliphatic heterocycles. The molecule has 3 aromatic rings. The largest absolute Gasteiger partial charge is 0.326 e. The van der Waals surface area contributed by atoms with Crippen molar-refractivity contribution in [2.24, 2.45) is 0 Å². The van der Waals surface area contributed by atoms with Gasteiger partial charge in [-0.15, -0.1) is 0 Å². The molecule has 0 spiro atoms. The zero-order valence-corrected chi connectivity index (χ0v) is 15.3. The van der Waals surface area contributed by atoms with Gasteiger partial charge in [0.25, 0.3) is 0 Å². The number of amides is 1. The molecular weight excluding hydrogens is 338 g/mol. The summed E-state index contributed by atoms with van der Waals surface area (Å²) in [5.41, 5.74) is 4.07. The number of hydrogen-bond donors (Lipinski definition) is 2. The van der Waals surface area contributed by atoms with E-state index in [2.05, 4.69) is 51.7 Å². The lowest BCUT2D eigenvalue weighted by Gasteiger charge is -2.24. The fraction of sp³-hybridized carbons (Fsp3) is 0.190. The van der Waals surface area contributed by atoms with Crippen LogP contribution in [0.1, 0.15) is 19.4 Å². The van der Waals surface area contributed by atoms with Crippen LogP contribution in [-0.2, 0) is 11.2 Å². The summed E-state index contributed by atoms with van der Waals surface area (Å²) in [6.07, 6.45) is 2.76. The number of anilines is 5. The smallest absolute Gasteiger partial charge is 0.229 e. The Morgan fingerprint density at radius 2 is 1.93 bits per heavy atom. The Morgan fingerprint density at radius 1 is 1.11 bits per heavy atom. The maximum absolute atomic E-state index is 11.2. The molecule has 1 unspecified atom stereocenters. The molecule has 0 saturated carbocycles. The molecule has 0 saturated heterocycles. The van der Waals surface area contributed by atoms with Gasteiger partial charge >= 0.3 is 0 Å². The van der Waals surface area contributed by atoms with Gasteiger partial charge in [0.1, 0.15) is 5.82 Å². The van der Waals surface area contributed by atoms with Crippen LogP contribution in [-0.4, -0.2) is 21.9 Å². The second kappa shape index (κ2) is 7.07. The number of fused-ring (bicyclic) bond motifs is 1. The highest BCUT2D eigenvalue weighted by atomic mass is 16.1. The second-order valence-electron chi connectivity index (χ2n) is 6.68. The number of aromatic nitrogens is 2. The Hall–Kier alpha value is -3.41. The van der Waals surface area contributed by atoms with E-state index in [1.807, 2.05) is 30.3 Å². The van der Waals surface area contributed by atoms with Crippen LogP contribution in [0.5, 0.6) is 0 Å². The van der Waals surface area contributed by atoms with Crippen LogP contribution in [0.4, 0.5) is 28.8 Å². The van der Waals surface area contributed by atoms with Crippen LogP contribution in [0.15, 0.2) is 60.8 Å². The minimum absolute atomic E-state index is 0.105. The van der Waals surface area contributed by atoms with Crippen molar-refractivity contribution in [2.75, 3.05) is 15.5 Å². The Kier molecular flexibility index (Phi) is 4.46. The Labute approximate surface area is 158 Å². The molecular formula is C21H21N5O. The fourth-order valence-electron chi connectivity index (χ4n) is 3.47. The number of nitrogens with one attached hydrogen (secondary N) is 2. The summed E-state index contributed by atoms with van der Waals surface area (Å²) >= 11 is 0. The van der Waals surface area contributed by atoms with E-state index < -0.39 is 0 Å². The van der Waals surface area contributed by atoms with E-state index in [1.165, 1.54) is 18.2 Å². The monoisotopic (exact) mass is 359 g/mol. The predicted octanol–water partition coefficient (Wildman–Crippen LogP) is 4.26. The lowest BCUT2D eigenvalue weighted by atomic mass is 10.1. The van der Waals surface area contributed by atoms with Crippen LogP contribution in [0.3, 0.4) is 0 Å². The Morgan fingerprint density at radius 3 is 2.78 bits per heavy atom. The van der Waals surface area contributed by atoms with E-state index in [1.54, 1.807) is 6.20 Å². The summed E-state index contributed by atoms with van der Waals surface area (Å²) in [4.78, 5) is 22.5. The summed E-state index contributed by atoms with van der Waals surface area (Å²) in [7, 11) is 0. The van der Waals surface area contributed by atoms with Crippen molar-refractivity contribution < 1.29 is 4.79 Å². The van der Waals surface area contributed by atoms with Crippen LogP contribution >= 0.6 is 0 Å². The first kappa shape index (κ1) is 17.0. The molecule has 2 aromatic carbocycles. The summed E-state index contributed by atoms with van der Waals surface area (Å²) in [5.74, 6) is 1.28. The average Bonchev–Trinajstić information content (AvgIpc) is 2.97. The molecule has 0 bridgehead atoms. The van der Waals surface area contributed by atoms with Gasteiger partial charge in [0.15, 0.2) is 0 Å². The van der Waals surface area contributed by atoms with Crippen molar-refractivity contribution in [1.82, 2.24) is 9.97 Å².